The number of carbonyl (C=O) groups is 2. The third-order valence-corrected chi connectivity index (χ3v) is 6.03. The monoisotopic (exact) mass is 368 g/mol. The molecule has 1 aromatic carbocycles. The van der Waals surface area contributed by atoms with Gasteiger partial charge in [-0.15, -0.1) is 0 Å². The predicted octanol–water partition coefficient (Wildman–Crippen LogP) is 3.46. The lowest BCUT2D eigenvalue weighted by molar-refractivity contribution is -0.173. The first kappa shape index (κ1) is 18.0. The van der Waals surface area contributed by atoms with Gasteiger partial charge in [0.1, 0.15) is 17.8 Å². The van der Waals surface area contributed by atoms with Crippen molar-refractivity contribution in [2.45, 2.75) is 37.4 Å². The van der Waals surface area contributed by atoms with Crippen molar-refractivity contribution in [3.8, 4) is 0 Å². The molecule has 1 saturated heterocycles. The molecule has 0 amide bonds. The molecule has 3 aliphatic rings. The third kappa shape index (κ3) is 2.72. The van der Waals surface area contributed by atoms with Gasteiger partial charge in [-0.2, -0.15) is 0 Å². The van der Waals surface area contributed by atoms with Gasteiger partial charge in [0.05, 0.1) is 12.7 Å². The summed E-state index contributed by atoms with van der Waals surface area (Å²) >= 11 is 0. The van der Waals surface area contributed by atoms with Gasteiger partial charge in [0.15, 0.2) is 5.76 Å². The first-order valence-electron chi connectivity index (χ1n) is 9.45. The molecule has 1 aliphatic carbocycles. The van der Waals surface area contributed by atoms with Crippen LogP contribution in [0, 0.1) is 11.8 Å². The highest BCUT2D eigenvalue weighted by Gasteiger charge is 2.66. The van der Waals surface area contributed by atoms with Crippen molar-refractivity contribution >= 4 is 11.8 Å². The average molecular weight is 368 g/mol. The van der Waals surface area contributed by atoms with Crippen LogP contribution in [0.25, 0.3) is 0 Å². The summed E-state index contributed by atoms with van der Waals surface area (Å²) in [4.78, 5) is 25.6. The van der Waals surface area contributed by atoms with Crippen molar-refractivity contribution in [2.75, 3.05) is 13.7 Å². The zero-order valence-corrected chi connectivity index (χ0v) is 15.6. The number of Topliss-reactive ketones (excluding diaryl/α,β-unsaturated/α-hetero) is 1. The lowest BCUT2D eigenvalue weighted by Crippen LogP contribution is -2.55. The molecule has 2 aliphatic heterocycles. The minimum absolute atomic E-state index is 0.0389. The summed E-state index contributed by atoms with van der Waals surface area (Å²) in [5, 5.41) is 0. The zero-order valence-electron chi connectivity index (χ0n) is 15.6. The van der Waals surface area contributed by atoms with Crippen LogP contribution in [-0.4, -0.2) is 36.7 Å². The molecule has 4 atom stereocenters. The zero-order chi connectivity index (χ0) is 19.1. The highest BCUT2D eigenvalue weighted by atomic mass is 16.6. The van der Waals surface area contributed by atoms with Gasteiger partial charge < -0.3 is 14.2 Å². The number of hydrogen-bond donors (Lipinski definition) is 0. The van der Waals surface area contributed by atoms with Crippen LogP contribution in [0.15, 0.2) is 54.3 Å². The van der Waals surface area contributed by atoms with Crippen LogP contribution in [0.5, 0.6) is 0 Å². The second-order valence-electron chi connectivity index (χ2n) is 7.52. The van der Waals surface area contributed by atoms with E-state index >= 15 is 0 Å². The minimum atomic E-state index is -0.914. The fraction of sp³-hybridized carbons (Fsp3) is 0.455. The maximum atomic E-state index is 13.2. The van der Waals surface area contributed by atoms with E-state index in [4.69, 9.17) is 14.2 Å². The average Bonchev–Trinajstić information content (AvgIpc) is 3.01. The molecule has 4 rings (SSSR count). The molecule has 142 valence electrons. The fourth-order valence-electron chi connectivity index (χ4n) is 4.74. The number of benzene rings is 1. The quantitative estimate of drug-likeness (QED) is 0.588. The van der Waals surface area contributed by atoms with E-state index in [9.17, 15) is 9.59 Å². The second kappa shape index (κ2) is 6.64. The van der Waals surface area contributed by atoms with Crippen LogP contribution in [0.3, 0.4) is 0 Å². The molecule has 27 heavy (non-hydrogen) atoms. The molecule has 1 spiro atoms. The van der Waals surface area contributed by atoms with Gasteiger partial charge in [-0.1, -0.05) is 37.3 Å². The predicted molar refractivity (Wildman–Crippen MR) is 99.0 cm³/mol. The maximum Gasteiger partial charge on any atom is 0.338 e. The van der Waals surface area contributed by atoms with Crippen LogP contribution >= 0.6 is 0 Å². The Kier molecular flexibility index (Phi) is 4.42. The number of carbonyl (C=O) groups excluding carboxylic acids is 2. The minimum Gasteiger partial charge on any atom is -0.493 e. The van der Waals surface area contributed by atoms with E-state index in [1.807, 2.05) is 6.07 Å². The Morgan fingerprint density at radius 2 is 2.07 bits per heavy atom. The number of fused-ring (bicyclic) bond motifs is 1. The van der Waals surface area contributed by atoms with Crippen molar-refractivity contribution in [3.63, 3.8) is 0 Å². The molecule has 0 unspecified atom stereocenters. The number of methoxy groups -OCH3 is 1. The van der Waals surface area contributed by atoms with Gasteiger partial charge in [-0.05, 0) is 43.4 Å². The molecule has 5 nitrogen and oxygen atoms in total. The Labute approximate surface area is 159 Å². The number of ether oxygens (including phenoxy) is 3. The molecule has 2 bridgehead atoms. The summed E-state index contributed by atoms with van der Waals surface area (Å²) in [7, 11) is 1.50. The van der Waals surface area contributed by atoms with Gasteiger partial charge in [-0.3, -0.25) is 4.79 Å². The van der Waals surface area contributed by atoms with Crippen molar-refractivity contribution in [3.05, 3.63) is 59.9 Å². The highest BCUT2D eigenvalue weighted by molar-refractivity contribution is 6.03. The van der Waals surface area contributed by atoms with Crippen molar-refractivity contribution < 1.29 is 23.8 Å². The fourth-order valence-corrected chi connectivity index (χ4v) is 4.74. The molecule has 2 heterocycles. The smallest absolute Gasteiger partial charge is 0.338 e. The van der Waals surface area contributed by atoms with Crippen LogP contribution < -0.4 is 0 Å². The lowest BCUT2D eigenvalue weighted by atomic mass is 9.68. The van der Waals surface area contributed by atoms with Crippen LogP contribution in [-0.2, 0) is 19.0 Å². The summed E-state index contributed by atoms with van der Waals surface area (Å²) in [5.41, 5.74) is -1.26. The van der Waals surface area contributed by atoms with Crippen LogP contribution in [0.1, 0.15) is 36.5 Å². The summed E-state index contributed by atoms with van der Waals surface area (Å²) in [6.07, 6.45) is 8.16. The van der Waals surface area contributed by atoms with E-state index in [1.165, 1.54) is 7.11 Å². The van der Waals surface area contributed by atoms with Gasteiger partial charge in [0.2, 0.25) is 5.78 Å². The standard InChI is InChI=1S/C22H24O5/c1-3-16-10-7-11-17-12-21(13-18(25-2)19(23)22(16,17)27-21)14-26-20(24)15-8-5-4-6-9-15/h4-9,11,13,16-17H,3,10,12,14H2,1-2H3/t16-,17-,21+,22-/m1/s1. The molecule has 1 fully saturated rings. The van der Waals surface area contributed by atoms with Crippen LogP contribution in [0.2, 0.25) is 0 Å². The lowest BCUT2D eigenvalue weighted by Gasteiger charge is -2.44. The SMILES string of the molecule is CC[C@@H]1CC=C[C@@H]2C[C@@]3(COC(=O)c4ccccc4)C=C(OC)C(=O)[C@@]12O3. The Balaban J connectivity index is 1.64. The first-order chi connectivity index (χ1) is 13.0. The topological polar surface area (TPSA) is 61.8 Å². The maximum absolute atomic E-state index is 13.2. The number of rotatable bonds is 5. The van der Waals surface area contributed by atoms with E-state index in [0.717, 1.165) is 12.8 Å². The third-order valence-electron chi connectivity index (χ3n) is 6.03. The molecule has 1 aromatic rings. The molecule has 0 aromatic heterocycles. The van der Waals surface area contributed by atoms with Gasteiger partial charge in [0.25, 0.3) is 0 Å². The Morgan fingerprint density at radius 1 is 1.30 bits per heavy atom. The number of allylic oxidation sites excluding steroid dienone is 1. The van der Waals surface area contributed by atoms with E-state index in [-0.39, 0.29) is 24.2 Å². The Bertz CT molecular complexity index is 811. The Morgan fingerprint density at radius 3 is 2.78 bits per heavy atom. The summed E-state index contributed by atoms with van der Waals surface area (Å²) in [6, 6.07) is 8.87. The molecular formula is C22H24O5. The van der Waals surface area contributed by atoms with E-state index < -0.39 is 17.2 Å². The van der Waals surface area contributed by atoms with Gasteiger partial charge >= 0.3 is 5.97 Å². The van der Waals surface area contributed by atoms with Crippen LogP contribution in [0.4, 0.5) is 0 Å². The number of hydrogen-bond acceptors (Lipinski definition) is 5. The van der Waals surface area contributed by atoms with Crippen molar-refractivity contribution in [1.29, 1.82) is 0 Å². The van der Waals surface area contributed by atoms with Gasteiger partial charge in [-0.25, -0.2) is 4.79 Å². The summed E-state index contributed by atoms with van der Waals surface area (Å²) < 4.78 is 17.5. The summed E-state index contributed by atoms with van der Waals surface area (Å²) in [5.74, 6) is -0.125. The Hall–Kier alpha value is -2.40. The van der Waals surface area contributed by atoms with Gasteiger partial charge in [0, 0.05) is 5.92 Å². The number of ketones is 1. The van der Waals surface area contributed by atoms with E-state index in [0.29, 0.717) is 17.7 Å². The molecule has 0 saturated carbocycles. The molecule has 0 N–H and O–H groups in total. The number of esters is 1. The van der Waals surface area contributed by atoms with Crippen molar-refractivity contribution in [1.82, 2.24) is 0 Å². The summed E-state index contributed by atoms with van der Waals surface area (Å²) in [6.45, 7) is 2.13. The highest BCUT2D eigenvalue weighted by Crippen LogP contribution is 2.56. The molecule has 0 radical (unpaired) electrons. The first-order valence-corrected chi connectivity index (χ1v) is 9.45. The van der Waals surface area contributed by atoms with E-state index in [1.54, 1.807) is 30.3 Å². The molecular weight excluding hydrogens is 344 g/mol. The second-order valence-corrected chi connectivity index (χ2v) is 7.52. The van der Waals surface area contributed by atoms with Crippen molar-refractivity contribution in [2.24, 2.45) is 11.8 Å². The normalized spacial score (nSPS) is 34.0. The largest absolute Gasteiger partial charge is 0.493 e. The molecule has 5 heteroatoms. The van der Waals surface area contributed by atoms with E-state index in [2.05, 4.69) is 19.1 Å².